The standard InChI is InChI=1S/C21H34N2O5S/c1-17(2)18-5-7-20(8-6-18)29(25,26)23-11-9-19(10-12-23)21(24)22(13-15-27-3)14-16-28-4/h5-8,17,19H,9-16H2,1-4H3. The average molecular weight is 427 g/mol. The lowest BCUT2D eigenvalue weighted by molar-refractivity contribution is -0.138. The maximum atomic E-state index is 13.0. The molecule has 1 heterocycles. The Morgan fingerprint density at radius 1 is 1.07 bits per heavy atom. The Labute approximate surface area is 175 Å². The first-order valence-electron chi connectivity index (χ1n) is 10.2. The first-order valence-corrected chi connectivity index (χ1v) is 11.6. The molecule has 29 heavy (non-hydrogen) atoms. The molecule has 2 rings (SSSR count). The maximum absolute atomic E-state index is 13.0. The fourth-order valence-corrected chi connectivity index (χ4v) is 4.98. The van der Waals surface area contributed by atoms with Crippen molar-refractivity contribution in [2.45, 2.75) is 37.5 Å². The van der Waals surface area contributed by atoms with Gasteiger partial charge in [0.2, 0.25) is 15.9 Å². The van der Waals surface area contributed by atoms with Gasteiger partial charge in [-0.2, -0.15) is 4.31 Å². The Bertz CT molecular complexity index is 733. The maximum Gasteiger partial charge on any atom is 0.243 e. The molecular formula is C21H34N2O5S. The summed E-state index contributed by atoms with van der Waals surface area (Å²) in [6, 6.07) is 7.10. The molecule has 1 saturated heterocycles. The molecule has 8 heteroatoms. The minimum atomic E-state index is -3.53. The highest BCUT2D eigenvalue weighted by molar-refractivity contribution is 7.89. The summed E-state index contributed by atoms with van der Waals surface area (Å²) < 4.78 is 37.6. The van der Waals surface area contributed by atoms with Crippen LogP contribution in [0.2, 0.25) is 0 Å². The Morgan fingerprint density at radius 3 is 2.03 bits per heavy atom. The van der Waals surface area contributed by atoms with Crippen molar-refractivity contribution in [2.24, 2.45) is 5.92 Å². The number of amides is 1. The third-order valence-electron chi connectivity index (χ3n) is 5.43. The number of nitrogens with zero attached hydrogens (tertiary/aromatic N) is 2. The molecule has 0 atom stereocenters. The lowest BCUT2D eigenvalue weighted by Gasteiger charge is -2.33. The van der Waals surface area contributed by atoms with Gasteiger partial charge in [0.15, 0.2) is 0 Å². The Hall–Kier alpha value is -1.48. The van der Waals surface area contributed by atoms with Gasteiger partial charge in [-0.25, -0.2) is 8.42 Å². The van der Waals surface area contributed by atoms with Crippen molar-refractivity contribution in [3.05, 3.63) is 29.8 Å². The first-order chi connectivity index (χ1) is 13.8. The number of carbonyl (C=O) groups is 1. The van der Waals surface area contributed by atoms with Crippen molar-refractivity contribution in [1.82, 2.24) is 9.21 Å². The van der Waals surface area contributed by atoms with Gasteiger partial charge in [0.1, 0.15) is 0 Å². The summed E-state index contributed by atoms with van der Waals surface area (Å²) in [6.07, 6.45) is 1.05. The van der Waals surface area contributed by atoms with Crippen LogP contribution in [0.15, 0.2) is 29.2 Å². The van der Waals surface area contributed by atoms with E-state index in [-0.39, 0.29) is 11.8 Å². The van der Waals surface area contributed by atoms with E-state index in [0.717, 1.165) is 5.56 Å². The Balaban J connectivity index is 1.99. The number of hydrogen-bond donors (Lipinski definition) is 0. The minimum Gasteiger partial charge on any atom is -0.383 e. The van der Waals surface area contributed by atoms with Crippen LogP contribution in [0.3, 0.4) is 0 Å². The van der Waals surface area contributed by atoms with E-state index in [2.05, 4.69) is 13.8 Å². The van der Waals surface area contributed by atoms with Crippen molar-refractivity contribution in [3.63, 3.8) is 0 Å². The van der Waals surface area contributed by atoms with Gasteiger partial charge in [-0.3, -0.25) is 4.79 Å². The molecule has 0 bridgehead atoms. The van der Waals surface area contributed by atoms with Crippen LogP contribution in [0.25, 0.3) is 0 Å². The van der Waals surface area contributed by atoms with E-state index >= 15 is 0 Å². The Morgan fingerprint density at radius 2 is 1.59 bits per heavy atom. The highest BCUT2D eigenvalue weighted by atomic mass is 32.2. The number of piperidine rings is 1. The van der Waals surface area contributed by atoms with Crippen LogP contribution in [-0.4, -0.2) is 77.1 Å². The van der Waals surface area contributed by atoms with Crippen molar-refractivity contribution >= 4 is 15.9 Å². The molecule has 0 unspecified atom stereocenters. The number of ether oxygens (including phenoxy) is 2. The molecule has 0 radical (unpaired) electrons. The van der Waals surface area contributed by atoms with Gasteiger partial charge in [-0.15, -0.1) is 0 Å². The zero-order valence-corrected chi connectivity index (χ0v) is 18.8. The van der Waals surface area contributed by atoms with Crippen LogP contribution < -0.4 is 0 Å². The van der Waals surface area contributed by atoms with Crippen LogP contribution in [-0.2, 0) is 24.3 Å². The van der Waals surface area contributed by atoms with Gasteiger partial charge in [0.25, 0.3) is 0 Å². The number of carbonyl (C=O) groups excluding carboxylic acids is 1. The van der Waals surface area contributed by atoms with E-state index in [4.69, 9.17) is 9.47 Å². The normalized spacial score (nSPS) is 16.3. The fraction of sp³-hybridized carbons (Fsp3) is 0.667. The second-order valence-corrected chi connectivity index (χ2v) is 9.65. The van der Waals surface area contributed by atoms with Crippen molar-refractivity contribution < 1.29 is 22.7 Å². The zero-order chi connectivity index (χ0) is 21.4. The molecule has 1 amide bonds. The lowest BCUT2D eigenvalue weighted by atomic mass is 9.96. The minimum absolute atomic E-state index is 0.0532. The lowest BCUT2D eigenvalue weighted by Crippen LogP contribution is -2.46. The summed E-state index contributed by atoms with van der Waals surface area (Å²) in [5.74, 6) is 0.239. The smallest absolute Gasteiger partial charge is 0.243 e. The Kier molecular flexibility index (Phi) is 9.07. The van der Waals surface area contributed by atoms with E-state index in [9.17, 15) is 13.2 Å². The quantitative estimate of drug-likeness (QED) is 0.574. The molecule has 7 nitrogen and oxygen atoms in total. The van der Waals surface area contributed by atoms with Gasteiger partial charge < -0.3 is 14.4 Å². The van der Waals surface area contributed by atoms with E-state index in [0.29, 0.717) is 63.0 Å². The predicted octanol–water partition coefficient (Wildman–Crippen LogP) is 2.33. The van der Waals surface area contributed by atoms with E-state index in [1.54, 1.807) is 31.3 Å². The van der Waals surface area contributed by atoms with Crippen molar-refractivity contribution in [2.75, 3.05) is 53.6 Å². The van der Waals surface area contributed by atoms with Crippen molar-refractivity contribution in [3.8, 4) is 0 Å². The summed E-state index contributed by atoms with van der Waals surface area (Å²) >= 11 is 0. The van der Waals surface area contributed by atoms with Crippen LogP contribution in [0.5, 0.6) is 0 Å². The van der Waals surface area contributed by atoms with Gasteiger partial charge in [-0.1, -0.05) is 26.0 Å². The number of methoxy groups -OCH3 is 2. The SMILES string of the molecule is COCCN(CCOC)C(=O)C1CCN(S(=O)(=O)c2ccc(C(C)C)cc2)CC1. The fourth-order valence-electron chi connectivity index (χ4n) is 3.51. The van der Waals surface area contributed by atoms with Gasteiger partial charge in [-0.05, 0) is 36.5 Å². The molecule has 164 valence electrons. The van der Waals surface area contributed by atoms with Gasteiger partial charge >= 0.3 is 0 Å². The van der Waals surface area contributed by atoms with E-state index in [1.165, 1.54) is 4.31 Å². The highest BCUT2D eigenvalue weighted by Gasteiger charge is 2.33. The predicted molar refractivity (Wildman–Crippen MR) is 112 cm³/mol. The summed E-state index contributed by atoms with van der Waals surface area (Å²) in [4.78, 5) is 15.0. The van der Waals surface area contributed by atoms with E-state index in [1.807, 2.05) is 12.1 Å². The largest absolute Gasteiger partial charge is 0.383 e. The molecule has 0 aromatic heterocycles. The van der Waals surface area contributed by atoms with Crippen LogP contribution in [0, 0.1) is 5.92 Å². The molecule has 0 spiro atoms. The van der Waals surface area contributed by atoms with Crippen LogP contribution >= 0.6 is 0 Å². The third kappa shape index (κ3) is 6.25. The molecule has 1 aliphatic rings. The second kappa shape index (κ2) is 11.1. The number of rotatable bonds is 10. The third-order valence-corrected chi connectivity index (χ3v) is 7.34. The highest BCUT2D eigenvalue weighted by Crippen LogP contribution is 2.26. The average Bonchev–Trinajstić information content (AvgIpc) is 2.73. The molecule has 0 aliphatic carbocycles. The van der Waals surface area contributed by atoms with Crippen LogP contribution in [0.1, 0.15) is 38.2 Å². The summed E-state index contributed by atoms with van der Waals surface area (Å²) in [7, 11) is -0.319. The molecule has 0 N–H and O–H groups in total. The van der Waals surface area contributed by atoms with Gasteiger partial charge in [0.05, 0.1) is 18.1 Å². The number of sulfonamides is 1. The molecule has 1 fully saturated rings. The summed E-state index contributed by atoms with van der Waals surface area (Å²) in [5, 5.41) is 0. The molecule has 0 saturated carbocycles. The monoisotopic (exact) mass is 426 g/mol. The number of hydrogen-bond acceptors (Lipinski definition) is 5. The van der Waals surface area contributed by atoms with Gasteiger partial charge in [0, 0.05) is 46.3 Å². The molecular weight excluding hydrogens is 392 g/mol. The van der Waals surface area contributed by atoms with Crippen molar-refractivity contribution in [1.29, 1.82) is 0 Å². The molecule has 1 aromatic carbocycles. The van der Waals surface area contributed by atoms with Crippen LogP contribution in [0.4, 0.5) is 0 Å². The summed E-state index contributed by atoms with van der Waals surface area (Å²) in [5.41, 5.74) is 1.11. The molecule has 1 aliphatic heterocycles. The topological polar surface area (TPSA) is 76.2 Å². The zero-order valence-electron chi connectivity index (χ0n) is 18.0. The number of benzene rings is 1. The van der Waals surface area contributed by atoms with E-state index < -0.39 is 10.0 Å². The molecule has 1 aromatic rings. The summed E-state index contributed by atoms with van der Waals surface area (Å²) in [6.45, 7) is 6.82. The second-order valence-electron chi connectivity index (χ2n) is 7.71. The first kappa shape index (κ1) is 23.8.